The Bertz CT molecular complexity index is 537. The van der Waals surface area contributed by atoms with Gasteiger partial charge in [-0.2, -0.15) is 0 Å². The molecule has 1 aromatic carbocycles. The molecule has 0 bridgehead atoms. The fourth-order valence-corrected chi connectivity index (χ4v) is 2.23. The Balaban J connectivity index is 2.31. The summed E-state index contributed by atoms with van der Waals surface area (Å²) in [6.45, 7) is 0.0952. The third-order valence-corrected chi connectivity index (χ3v) is 3.47. The largest absolute Gasteiger partial charge is 0.326 e. The molecule has 2 rings (SSSR count). The lowest BCUT2D eigenvalue weighted by Crippen LogP contribution is -1.99. The van der Waals surface area contributed by atoms with E-state index in [4.69, 9.17) is 17.3 Å². The fourth-order valence-electron chi connectivity index (χ4n) is 1.35. The molecule has 0 saturated heterocycles. The van der Waals surface area contributed by atoms with Crippen molar-refractivity contribution in [3.8, 4) is 0 Å². The van der Waals surface area contributed by atoms with E-state index in [0.717, 1.165) is 11.8 Å². The van der Waals surface area contributed by atoms with E-state index in [0.29, 0.717) is 15.6 Å². The molecule has 0 atom stereocenters. The van der Waals surface area contributed by atoms with Crippen LogP contribution in [0.4, 0.5) is 8.78 Å². The lowest BCUT2D eigenvalue weighted by atomic mass is 10.2. The molecule has 0 aliphatic heterocycles. The average Bonchev–Trinajstić information content (AvgIpc) is 2.35. The van der Waals surface area contributed by atoms with Crippen LogP contribution in [-0.2, 0) is 6.54 Å². The van der Waals surface area contributed by atoms with E-state index in [9.17, 15) is 8.78 Å². The molecule has 6 heteroatoms. The molecule has 18 heavy (non-hydrogen) atoms. The maximum atomic E-state index is 13.7. The number of pyridine rings is 1. The highest BCUT2D eigenvalue weighted by Gasteiger charge is 2.13. The fraction of sp³-hybridized carbons (Fsp3) is 0.0833. The van der Waals surface area contributed by atoms with E-state index in [2.05, 4.69) is 4.98 Å². The number of nitrogens with zero attached hydrogens (tertiary/aromatic N) is 1. The van der Waals surface area contributed by atoms with Gasteiger partial charge < -0.3 is 5.73 Å². The summed E-state index contributed by atoms with van der Waals surface area (Å²) in [7, 11) is 0. The predicted molar refractivity (Wildman–Crippen MR) is 67.6 cm³/mol. The van der Waals surface area contributed by atoms with Crippen LogP contribution in [-0.4, -0.2) is 4.98 Å². The summed E-state index contributed by atoms with van der Waals surface area (Å²) in [6, 6.07) is 5.66. The summed E-state index contributed by atoms with van der Waals surface area (Å²) in [6.07, 6.45) is 1.42. The molecule has 94 valence electrons. The van der Waals surface area contributed by atoms with E-state index < -0.39 is 11.6 Å². The van der Waals surface area contributed by atoms with Crippen molar-refractivity contribution in [2.75, 3.05) is 0 Å². The Kier molecular flexibility index (Phi) is 4.16. The molecule has 1 aromatic heterocycles. The smallest absolute Gasteiger partial charge is 0.140 e. The van der Waals surface area contributed by atoms with Crippen LogP contribution < -0.4 is 5.73 Å². The number of hydrogen-bond acceptors (Lipinski definition) is 3. The molecule has 0 spiro atoms. The second-order valence-corrected chi connectivity index (χ2v) is 4.98. The minimum atomic E-state index is -0.641. The second kappa shape index (κ2) is 5.65. The molecule has 0 radical (unpaired) electrons. The minimum Gasteiger partial charge on any atom is -0.326 e. The van der Waals surface area contributed by atoms with E-state index in [-0.39, 0.29) is 11.4 Å². The van der Waals surface area contributed by atoms with Gasteiger partial charge in [0.15, 0.2) is 0 Å². The van der Waals surface area contributed by atoms with E-state index in [1.165, 1.54) is 18.3 Å². The molecule has 2 aromatic rings. The summed E-state index contributed by atoms with van der Waals surface area (Å²) in [5.41, 5.74) is 5.75. The number of benzene rings is 1. The van der Waals surface area contributed by atoms with Crippen LogP contribution >= 0.6 is 23.4 Å². The van der Waals surface area contributed by atoms with E-state index in [1.54, 1.807) is 12.1 Å². The van der Waals surface area contributed by atoms with Crippen molar-refractivity contribution in [1.29, 1.82) is 0 Å². The third kappa shape index (κ3) is 2.98. The second-order valence-electron chi connectivity index (χ2n) is 3.51. The Morgan fingerprint density at radius 2 is 1.89 bits per heavy atom. The van der Waals surface area contributed by atoms with Gasteiger partial charge in [-0.15, -0.1) is 0 Å². The third-order valence-electron chi connectivity index (χ3n) is 2.20. The van der Waals surface area contributed by atoms with Crippen LogP contribution in [0.1, 0.15) is 5.56 Å². The molecular weight excluding hydrogens is 278 g/mol. The summed E-state index contributed by atoms with van der Waals surface area (Å²) >= 11 is 6.59. The minimum absolute atomic E-state index is 0.0952. The number of rotatable bonds is 3. The maximum Gasteiger partial charge on any atom is 0.140 e. The zero-order valence-electron chi connectivity index (χ0n) is 9.16. The first kappa shape index (κ1) is 13.3. The number of aromatic nitrogens is 1. The van der Waals surface area contributed by atoms with Crippen molar-refractivity contribution in [1.82, 2.24) is 4.98 Å². The SMILES string of the molecule is NCc1cc(F)c(Sc2ccc(Cl)cn2)c(F)c1. The van der Waals surface area contributed by atoms with Gasteiger partial charge >= 0.3 is 0 Å². The van der Waals surface area contributed by atoms with Gasteiger partial charge in [-0.05, 0) is 29.8 Å². The van der Waals surface area contributed by atoms with Crippen molar-refractivity contribution in [2.45, 2.75) is 16.5 Å². The molecule has 2 N–H and O–H groups in total. The number of nitrogens with two attached hydrogens (primary N) is 1. The molecule has 2 nitrogen and oxygen atoms in total. The number of halogens is 3. The topological polar surface area (TPSA) is 38.9 Å². The number of hydrogen-bond donors (Lipinski definition) is 1. The summed E-state index contributed by atoms with van der Waals surface area (Å²) < 4.78 is 27.4. The summed E-state index contributed by atoms with van der Waals surface area (Å²) in [5, 5.41) is 0.941. The van der Waals surface area contributed by atoms with Gasteiger partial charge in [-0.25, -0.2) is 13.8 Å². The normalized spacial score (nSPS) is 10.7. The highest BCUT2D eigenvalue weighted by Crippen LogP contribution is 2.31. The average molecular weight is 287 g/mol. The summed E-state index contributed by atoms with van der Waals surface area (Å²) in [5.74, 6) is -1.28. The van der Waals surface area contributed by atoms with Crippen molar-refractivity contribution in [3.05, 3.63) is 52.7 Å². The zero-order valence-corrected chi connectivity index (χ0v) is 10.7. The Morgan fingerprint density at radius 1 is 1.22 bits per heavy atom. The van der Waals surface area contributed by atoms with Crippen LogP contribution in [0.3, 0.4) is 0 Å². The Morgan fingerprint density at radius 3 is 2.39 bits per heavy atom. The molecule has 0 aliphatic carbocycles. The van der Waals surface area contributed by atoms with Crippen LogP contribution in [0.25, 0.3) is 0 Å². The van der Waals surface area contributed by atoms with Gasteiger partial charge in [0.1, 0.15) is 16.7 Å². The van der Waals surface area contributed by atoms with Crippen molar-refractivity contribution in [3.63, 3.8) is 0 Å². The quantitative estimate of drug-likeness (QED) is 0.936. The van der Waals surface area contributed by atoms with Gasteiger partial charge in [0.25, 0.3) is 0 Å². The standard InChI is InChI=1S/C12H9ClF2N2S/c13-8-1-2-11(17-6-8)18-12-9(14)3-7(5-16)4-10(12)15/h1-4,6H,5,16H2. The molecule has 0 aliphatic rings. The molecular formula is C12H9ClF2N2S. The van der Waals surface area contributed by atoms with Gasteiger partial charge in [0, 0.05) is 12.7 Å². The lowest BCUT2D eigenvalue weighted by Gasteiger charge is -2.06. The molecule has 0 saturated carbocycles. The monoisotopic (exact) mass is 286 g/mol. The van der Waals surface area contributed by atoms with Crippen LogP contribution in [0.15, 0.2) is 40.4 Å². The van der Waals surface area contributed by atoms with Crippen molar-refractivity contribution < 1.29 is 8.78 Å². The molecule has 0 amide bonds. The van der Waals surface area contributed by atoms with Crippen molar-refractivity contribution >= 4 is 23.4 Å². The van der Waals surface area contributed by atoms with Gasteiger partial charge in [0.05, 0.1) is 9.92 Å². The summed E-state index contributed by atoms with van der Waals surface area (Å²) in [4.78, 5) is 3.88. The van der Waals surface area contributed by atoms with Gasteiger partial charge in [-0.3, -0.25) is 0 Å². The van der Waals surface area contributed by atoms with E-state index >= 15 is 0 Å². The van der Waals surface area contributed by atoms with Gasteiger partial charge in [0.2, 0.25) is 0 Å². The molecule has 1 heterocycles. The maximum absolute atomic E-state index is 13.7. The highest BCUT2D eigenvalue weighted by molar-refractivity contribution is 7.99. The van der Waals surface area contributed by atoms with Crippen molar-refractivity contribution in [2.24, 2.45) is 5.73 Å². The first-order chi connectivity index (χ1) is 8.60. The molecule has 0 fully saturated rings. The van der Waals surface area contributed by atoms with E-state index in [1.807, 2.05) is 0 Å². The lowest BCUT2D eigenvalue weighted by molar-refractivity contribution is 0.537. The zero-order chi connectivity index (χ0) is 13.1. The Hall–Kier alpha value is -1.17. The predicted octanol–water partition coefficient (Wildman–Crippen LogP) is 3.62. The van der Waals surface area contributed by atoms with Gasteiger partial charge in [-0.1, -0.05) is 23.4 Å². The Labute approximate surface area is 112 Å². The highest BCUT2D eigenvalue weighted by atomic mass is 35.5. The first-order valence-corrected chi connectivity index (χ1v) is 6.27. The van der Waals surface area contributed by atoms with Crippen LogP contribution in [0, 0.1) is 11.6 Å². The molecule has 0 unspecified atom stereocenters. The van der Waals surface area contributed by atoms with Crippen LogP contribution in [0.2, 0.25) is 5.02 Å². The first-order valence-electron chi connectivity index (χ1n) is 5.07. The van der Waals surface area contributed by atoms with Crippen LogP contribution in [0.5, 0.6) is 0 Å².